The predicted molar refractivity (Wildman–Crippen MR) is 53.6 cm³/mol. The van der Waals surface area contributed by atoms with Crippen LogP contribution in [0.15, 0.2) is 18.2 Å². The molecule has 0 spiro atoms. The molecular weight excluding hydrogens is 180 g/mol. The summed E-state index contributed by atoms with van der Waals surface area (Å²) in [5, 5.41) is 12.1. The highest BCUT2D eigenvalue weighted by Crippen LogP contribution is 2.24. The molecule has 1 aromatic rings. The van der Waals surface area contributed by atoms with E-state index in [-0.39, 0.29) is 6.04 Å². The highest BCUT2D eigenvalue weighted by molar-refractivity contribution is 5.91. The van der Waals surface area contributed by atoms with E-state index < -0.39 is 5.97 Å². The molecule has 1 aromatic carbocycles. The minimum absolute atomic E-state index is 0.00278. The minimum atomic E-state index is -0.891. The lowest BCUT2D eigenvalue weighted by molar-refractivity contribution is 0.0695. The Labute approximate surface area is 81.7 Å². The zero-order valence-corrected chi connectivity index (χ0v) is 7.66. The average Bonchev–Trinajstić information content (AvgIpc) is 2.16. The minimum Gasteiger partial charge on any atom is -0.478 e. The van der Waals surface area contributed by atoms with Gasteiger partial charge in [-0.1, -0.05) is 6.07 Å². The highest BCUT2D eigenvalue weighted by atomic mass is 16.4. The van der Waals surface area contributed by atoms with Gasteiger partial charge in [-0.25, -0.2) is 4.79 Å². The fourth-order valence-electron chi connectivity index (χ4n) is 1.75. The normalized spacial score (nSPS) is 19.6. The fraction of sp³-hybridized carbons (Fsp3) is 0.300. The second-order valence-electron chi connectivity index (χ2n) is 3.48. The Bertz CT molecular complexity index is 376. The van der Waals surface area contributed by atoms with E-state index in [0.29, 0.717) is 18.5 Å². The lowest BCUT2D eigenvalue weighted by Crippen LogP contribution is -2.36. The molecule has 0 saturated carbocycles. The summed E-state index contributed by atoms with van der Waals surface area (Å²) < 4.78 is 0. The van der Waals surface area contributed by atoms with Gasteiger partial charge in [0.25, 0.3) is 0 Å². The van der Waals surface area contributed by atoms with Crippen LogP contribution in [0.2, 0.25) is 0 Å². The molecule has 0 unspecified atom stereocenters. The second-order valence-corrected chi connectivity index (χ2v) is 3.48. The quantitative estimate of drug-likeness (QED) is 0.611. The molecule has 4 heteroatoms. The van der Waals surface area contributed by atoms with Gasteiger partial charge in [0.2, 0.25) is 0 Å². The van der Waals surface area contributed by atoms with Crippen molar-refractivity contribution in [2.45, 2.75) is 12.5 Å². The third-order valence-electron chi connectivity index (χ3n) is 2.43. The van der Waals surface area contributed by atoms with E-state index in [1.165, 1.54) is 0 Å². The maximum atomic E-state index is 10.9. The Balaban J connectivity index is 2.48. The third-order valence-corrected chi connectivity index (χ3v) is 2.43. The van der Waals surface area contributed by atoms with E-state index in [1.807, 2.05) is 6.07 Å². The summed E-state index contributed by atoms with van der Waals surface area (Å²) in [5.41, 5.74) is 7.83. The van der Waals surface area contributed by atoms with Gasteiger partial charge in [0.05, 0.1) is 5.56 Å². The van der Waals surface area contributed by atoms with Crippen LogP contribution in [0.25, 0.3) is 0 Å². The maximum Gasteiger partial charge on any atom is 0.336 e. The SMILES string of the molecule is N[C@@H]1CNc2cccc(C(=O)O)c2C1. The van der Waals surface area contributed by atoms with Crippen molar-refractivity contribution in [2.24, 2.45) is 5.73 Å². The number of carbonyl (C=O) groups is 1. The van der Waals surface area contributed by atoms with Crippen molar-refractivity contribution in [1.29, 1.82) is 0 Å². The average molecular weight is 192 g/mol. The summed E-state index contributed by atoms with van der Waals surface area (Å²) in [6.45, 7) is 0.704. The first-order chi connectivity index (χ1) is 6.68. The smallest absolute Gasteiger partial charge is 0.336 e. The molecule has 74 valence electrons. The second kappa shape index (κ2) is 3.31. The molecule has 1 aliphatic rings. The summed E-state index contributed by atoms with van der Waals surface area (Å²) in [4.78, 5) is 10.9. The molecule has 0 bridgehead atoms. The maximum absolute atomic E-state index is 10.9. The molecule has 4 nitrogen and oxygen atoms in total. The van der Waals surface area contributed by atoms with Crippen molar-refractivity contribution in [3.05, 3.63) is 29.3 Å². The molecule has 14 heavy (non-hydrogen) atoms. The van der Waals surface area contributed by atoms with E-state index in [0.717, 1.165) is 11.3 Å². The van der Waals surface area contributed by atoms with E-state index in [2.05, 4.69) is 5.32 Å². The van der Waals surface area contributed by atoms with Gasteiger partial charge in [-0.2, -0.15) is 0 Å². The van der Waals surface area contributed by atoms with Crippen molar-refractivity contribution < 1.29 is 9.90 Å². The first kappa shape index (κ1) is 9.02. The van der Waals surface area contributed by atoms with Gasteiger partial charge in [-0.15, -0.1) is 0 Å². The molecule has 4 N–H and O–H groups in total. The van der Waals surface area contributed by atoms with Crippen LogP contribution in [0, 0.1) is 0 Å². The zero-order chi connectivity index (χ0) is 10.1. The lowest BCUT2D eigenvalue weighted by atomic mass is 9.95. The number of carboxylic acid groups (broad SMARTS) is 1. The van der Waals surface area contributed by atoms with Crippen molar-refractivity contribution >= 4 is 11.7 Å². The number of fused-ring (bicyclic) bond motifs is 1. The number of rotatable bonds is 1. The van der Waals surface area contributed by atoms with Crippen LogP contribution in [-0.2, 0) is 6.42 Å². The van der Waals surface area contributed by atoms with Gasteiger partial charge >= 0.3 is 5.97 Å². The number of benzene rings is 1. The van der Waals surface area contributed by atoms with Crippen LogP contribution in [0.5, 0.6) is 0 Å². The summed E-state index contributed by atoms with van der Waals surface area (Å²) in [6, 6.07) is 5.24. The predicted octanol–water partition coefficient (Wildman–Crippen LogP) is 0.680. The number of carboxylic acids is 1. The number of hydrogen-bond acceptors (Lipinski definition) is 3. The van der Waals surface area contributed by atoms with Crippen molar-refractivity contribution in [2.75, 3.05) is 11.9 Å². The van der Waals surface area contributed by atoms with E-state index in [1.54, 1.807) is 12.1 Å². The molecule has 1 atom stereocenters. The highest BCUT2D eigenvalue weighted by Gasteiger charge is 2.20. The monoisotopic (exact) mass is 192 g/mol. The first-order valence-electron chi connectivity index (χ1n) is 4.53. The number of aromatic carboxylic acids is 1. The van der Waals surface area contributed by atoms with Gasteiger partial charge in [0.1, 0.15) is 0 Å². The molecule has 0 radical (unpaired) electrons. The molecule has 2 rings (SSSR count). The van der Waals surface area contributed by atoms with Gasteiger partial charge in [0.15, 0.2) is 0 Å². The summed E-state index contributed by atoms with van der Waals surface area (Å²) in [7, 11) is 0. The van der Waals surface area contributed by atoms with Gasteiger partial charge in [0, 0.05) is 18.3 Å². The van der Waals surface area contributed by atoms with E-state index in [4.69, 9.17) is 10.8 Å². The van der Waals surface area contributed by atoms with Crippen molar-refractivity contribution in [3.8, 4) is 0 Å². The van der Waals surface area contributed by atoms with Crippen LogP contribution in [0.3, 0.4) is 0 Å². The van der Waals surface area contributed by atoms with Crippen LogP contribution >= 0.6 is 0 Å². The molecule has 0 aliphatic carbocycles. The first-order valence-corrected chi connectivity index (χ1v) is 4.53. The summed E-state index contributed by atoms with van der Waals surface area (Å²) in [5.74, 6) is -0.891. The summed E-state index contributed by atoms with van der Waals surface area (Å²) >= 11 is 0. The largest absolute Gasteiger partial charge is 0.478 e. The van der Waals surface area contributed by atoms with Crippen LogP contribution in [0.1, 0.15) is 15.9 Å². The van der Waals surface area contributed by atoms with Crippen LogP contribution in [-0.4, -0.2) is 23.7 Å². The topological polar surface area (TPSA) is 75.3 Å². The van der Waals surface area contributed by atoms with Gasteiger partial charge in [-0.05, 0) is 24.1 Å². The van der Waals surface area contributed by atoms with Crippen LogP contribution in [0.4, 0.5) is 5.69 Å². The van der Waals surface area contributed by atoms with Crippen LogP contribution < -0.4 is 11.1 Å². The zero-order valence-electron chi connectivity index (χ0n) is 7.66. The van der Waals surface area contributed by atoms with Gasteiger partial charge in [-0.3, -0.25) is 0 Å². The molecule has 0 saturated heterocycles. The molecular formula is C10H12N2O2. The van der Waals surface area contributed by atoms with Crippen molar-refractivity contribution in [1.82, 2.24) is 0 Å². The Kier molecular flexibility index (Phi) is 2.13. The number of hydrogen-bond donors (Lipinski definition) is 3. The summed E-state index contributed by atoms with van der Waals surface area (Å²) in [6.07, 6.45) is 0.630. The number of nitrogens with one attached hydrogen (secondary N) is 1. The Hall–Kier alpha value is -1.55. The fourth-order valence-corrected chi connectivity index (χ4v) is 1.75. The number of nitrogens with two attached hydrogens (primary N) is 1. The van der Waals surface area contributed by atoms with E-state index in [9.17, 15) is 4.79 Å². The number of anilines is 1. The Morgan fingerprint density at radius 1 is 1.57 bits per heavy atom. The molecule has 0 aromatic heterocycles. The molecule has 0 amide bonds. The van der Waals surface area contributed by atoms with Crippen molar-refractivity contribution in [3.63, 3.8) is 0 Å². The molecule has 0 fully saturated rings. The van der Waals surface area contributed by atoms with E-state index >= 15 is 0 Å². The Morgan fingerprint density at radius 3 is 3.07 bits per heavy atom. The van der Waals surface area contributed by atoms with Gasteiger partial charge < -0.3 is 16.2 Å². The lowest BCUT2D eigenvalue weighted by Gasteiger charge is -2.24. The third kappa shape index (κ3) is 1.44. The standard InChI is InChI=1S/C10H12N2O2/c11-6-4-8-7(10(13)14)2-1-3-9(8)12-5-6/h1-3,6,12H,4-5,11H2,(H,13,14)/t6-/m0/s1. The molecule has 1 aliphatic heterocycles. The molecule has 1 heterocycles. The Morgan fingerprint density at radius 2 is 2.36 bits per heavy atom.